The molecule has 0 fully saturated rings. The van der Waals surface area contributed by atoms with E-state index < -0.39 is 45.7 Å². The van der Waals surface area contributed by atoms with Gasteiger partial charge < -0.3 is 0 Å². The van der Waals surface area contributed by atoms with Gasteiger partial charge in [0.15, 0.2) is 34.9 Å². The second-order valence-electron chi connectivity index (χ2n) is 2.98. The van der Waals surface area contributed by atoms with Gasteiger partial charge in [0, 0.05) is 16.8 Å². The van der Waals surface area contributed by atoms with E-state index >= 15 is 0 Å². The van der Waals surface area contributed by atoms with Crippen LogP contribution in [0.15, 0.2) is 6.07 Å². The summed E-state index contributed by atoms with van der Waals surface area (Å²) >= 11 is 0. The van der Waals surface area contributed by atoms with Crippen molar-refractivity contribution in [2.24, 2.45) is 0 Å². The van der Waals surface area contributed by atoms with Crippen LogP contribution in [0.1, 0.15) is 0 Å². The van der Waals surface area contributed by atoms with Crippen LogP contribution in [-0.2, 0) is 0 Å². The molecule has 0 amide bonds. The lowest BCUT2D eigenvalue weighted by atomic mass is 10.1. The topological polar surface area (TPSA) is 0 Å². The van der Waals surface area contributed by atoms with Gasteiger partial charge in [0.25, 0.3) is 0 Å². The van der Waals surface area contributed by atoms with Gasteiger partial charge in [0.1, 0.15) is 0 Å². The Kier molecular flexibility index (Phi) is 2.29. The van der Waals surface area contributed by atoms with Crippen LogP contribution in [0.3, 0.4) is 0 Å². The molecule has 0 atom stereocenters. The summed E-state index contributed by atoms with van der Waals surface area (Å²) in [5.74, 6) is -10.9. The van der Waals surface area contributed by atoms with Gasteiger partial charge >= 0.3 is 0 Å². The molecule has 2 aromatic carbocycles. The maximum absolute atomic E-state index is 13.1. The first kappa shape index (κ1) is 10.8. The molecule has 0 aliphatic heterocycles. The van der Waals surface area contributed by atoms with Crippen molar-refractivity contribution in [3.63, 3.8) is 0 Å². The van der Waals surface area contributed by atoms with Gasteiger partial charge in [-0.2, -0.15) is 0 Å². The molecule has 0 saturated heterocycles. The highest BCUT2D eigenvalue weighted by molar-refractivity contribution is 5.83. The molecular formula is C10HF6. The van der Waals surface area contributed by atoms with Crippen LogP contribution in [0, 0.1) is 41.0 Å². The van der Waals surface area contributed by atoms with E-state index in [1.807, 2.05) is 0 Å². The SMILES string of the molecule is Fc1[c]c2c(F)c(F)c(F)c(F)c2cc1F. The van der Waals surface area contributed by atoms with E-state index in [0.29, 0.717) is 0 Å². The summed E-state index contributed by atoms with van der Waals surface area (Å²) in [4.78, 5) is 0. The van der Waals surface area contributed by atoms with E-state index in [1.165, 1.54) is 6.07 Å². The van der Waals surface area contributed by atoms with Crippen molar-refractivity contribution >= 4 is 10.8 Å². The number of rotatable bonds is 0. The van der Waals surface area contributed by atoms with Crippen LogP contribution in [0.25, 0.3) is 10.8 Å². The van der Waals surface area contributed by atoms with E-state index in [-0.39, 0.29) is 6.07 Å². The second-order valence-corrected chi connectivity index (χ2v) is 2.98. The van der Waals surface area contributed by atoms with Crippen molar-refractivity contribution in [2.75, 3.05) is 0 Å². The molecule has 16 heavy (non-hydrogen) atoms. The fourth-order valence-electron chi connectivity index (χ4n) is 1.27. The first-order chi connectivity index (χ1) is 7.43. The van der Waals surface area contributed by atoms with Gasteiger partial charge in [-0.1, -0.05) is 0 Å². The van der Waals surface area contributed by atoms with Crippen molar-refractivity contribution in [1.29, 1.82) is 0 Å². The minimum Gasteiger partial charge on any atom is -0.204 e. The van der Waals surface area contributed by atoms with Crippen LogP contribution >= 0.6 is 0 Å². The first-order valence-electron chi connectivity index (χ1n) is 3.96. The molecule has 0 aliphatic rings. The molecule has 0 saturated carbocycles. The van der Waals surface area contributed by atoms with Crippen molar-refractivity contribution in [1.82, 2.24) is 0 Å². The third kappa shape index (κ3) is 1.33. The Hall–Kier alpha value is -1.72. The third-order valence-corrected chi connectivity index (χ3v) is 2.02. The number of hydrogen-bond acceptors (Lipinski definition) is 0. The average Bonchev–Trinajstić information content (AvgIpc) is 2.26. The zero-order valence-electron chi connectivity index (χ0n) is 7.35. The van der Waals surface area contributed by atoms with Crippen LogP contribution in [-0.4, -0.2) is 0 Å². The normalized spacial score (nSPS) is 11.1. The van der Waals surface area contributed by atoms with Crippen molar-refractivity contribution < 1.29 is 26.3 Å². The summed E-state index contributed by atoms with van der Waals surface area (Å²) < 4.78 is 76.9. The molecule has 0 bridgehead atoms. The Bertz CT molecular complexity index is 537. The van der Waals surface area contributed by atoms with Crippen LogP contribution < -0.4 is 0 Å². The molecule has 0 heterocycles. The van der Waals surface area contributed by atoms with Crippen LogP contribution in [0.4, 0.5) is 26.3 Å². The maximum atomic E-state index is 13.1. The second kappa shape index (κ2) is 3.40. The smallest absolute Gasteiger partial charge is 0.198 e. The molecule has 0 aliphatic carbocycles. The van der Waals surface area contributed by atoms with Gasteiger partial charge in [-0.3, -0.25) is 0 Å². The average molecular weight is 235 g/mol. The van der Waals surface area contributed by atoms with Gasteiger partial charge in [0.2, 0.25) is 0 Å². The third-order valence-electron chi connectivity index (χ3n) is 2.02. The number of hydrogen-bond donors (Lipinski definition) is 0. The van der Waals surface area contributed by atoms with E-state index in [1.54, 1.807) is 0 Å². The Morgan fingerprint density at radius 2 is 1.31 bits per heavy atom. The highest BCUT2D eigenvalue weighted by atomic mass is 19.2. The van der Waals surface area contributed by atoms with E-state index in [2.05, 4.69) is 0 Å². The summed E-state index contributed by atoms with van der Waals surface area (Å²) in [6.07, 6.45) is 0. The summed E-state index contributed by atoms with van der Waals surface area (Å²) in [6, 6.07) is 1.71. The summed E-state index contributed by atoms with van der Waals surface area (Å²) in [5.41, 5.74) is 0. The first-order valence-corrected chi connectivity index (χ1v) is 3.96. The molecule has 2 rings (SSSR count). The minimum absolute atomic E-state index is 0.238. The molecule has 0 aromatic heterocycles. The minimum atomic E-state index is -2.09. The van der Waals surface area contributed by atoms with Crippen LogP contribution in [0.2, 0.25) is 0 Å². The molecule has 0 nitrogen and oxygen atoms in total. The fraction of sp³-hybridized carbons (Fsp3) is 0. The zero-order chi connectivity index (χ0) is 12.0. The standard InChI is InChI=1S/C10HF6/c11-5-1-3-4(2-6(5)12)8(14)10(16)9(15)7(3)13/h1H. The highest BCUT2D eigenvalue weighted by Crippen LogP contribution is 2.27. The predicted molar refractivity (Wildman–Crippen MR) is 42.5 cm³/mol. The fourth-order valence-corrected chi connectivity index (χ4v) is 1.27. The molecule has 0 unspecified atom stereocenters. The molecule has 0 N–H and O–H groups in total. The summed E-state index contributed by atoms with van der Waals surface area (Å²) in [7, 11) is 0. The lowest BCUT2D eigenvalue weighted by Crippen LogP contribution is -1.99. The largest absolute Gasteiger partial charge is 0.204 e. The summed E-state index contributed by atoms with van der Waals surface area (Å²) in [5, 5.41) is -1.88. The molecule has 6 heteroatoms. The van der Waals surface area contributed by atoms with Gasteiger partial charge in [-0.15, -0.1) is 0 Å². The van der Waals surface area contributed by atoms with Crippen molar-refractivity contribution in [3.8, 4) is 0 Å². The van der Waals surface area contributed by atoms with Gasteiger partial charge in [0.05, 0.1) is 0 Å². The van der Waals surface area contributed by atoms with Gasteiger partial charge in [-0.25, -0.2) is 26.3 Å². The van der Waals surface area contributed by atoms with Crippen LogP contribution in [0.5, 0.6) is 0 Å². The Balaban J connectivity index is 3.02. The molecule has 0 spiro atoms. The number of benzene rings is 2. The molecule has 2 aromatic rings. The van der Waals surface area contributed by atoms with Crippen molar-refractivity contribution in [3.05, 3.63) is 47.0 Å². The zero-order valence-corrected chi connectivity index (χ0v) is 7.35. The Morgan fingerprint density at radius 3 is 1.94 bits per heavy atom. The monoisotopic (exact) mass is 235 g/mol. The lowest BCUT2D eigenvalue weighted by molar-refractivity contribution is 0.417. The quantitative estimate of drug-likeness (QED) is 0.372. The maximum Gasteiger partial charge on any atom is 0.198 e. The van der Waals surface area contributed by atoms with Crippen molar-refractivity contribution in [2.45, 2.75) is 0 Å². The number of halogens is 6. The van der Waals surface area contributed by atoms with E-state index in [9.17, 15) is 26.3 Å². The number of fused-ring (bicyclic) bond motifs is 1. The van der Waals surface area contributed by atoms with Gasteiger partial charge in [-0.05, 0) is 6.07 Å². The molecule has 83 valence electrons. The Morgan fingerprint density at radius 1 is 0.750 bits per heavy atom. The molecular weight excluding hydrogens is 234 g/mol. The highest BCUT2D eigenvalue weighted by Gasteiger charge is 2.22. The van der Waals surface area contributed by atoms with E-state index in [4.69, 9.17) is 0 Å². The Labute approximate surface area is 85.1 Å². The molecule has 1 radical (unpaired) electrons. The van der Waals surface area contributed by atoms with E-state index in [0.717, 1.165) is 0 Å². The predicted octanol–water partition coefficient (Wildman–Crippen LogP) is 3.47. The summed E-state index contributed by atoms with van der Waals surface area (Å²) in [6.45, 7) is 0. The lowest BCUT2D eigenvalue weighted by Gasteiger charge is -2.04.